The molecule has 0 amide bonds. The van der Waals surface area contributed by atoms with Crippen molar-refractivity contribution in [2.75, 3.05) is 0 Å². The zero-order chi connectivity index (χ0) is 14.3. The Bertz CT molecular complexity index is 411. The molecule has 1 rings (SSSR count). The van der Waals surface area contributed by atoms with Crippen molar-refractivity contribution in [3.05, 3.63) is 48.0 Å². The second-order valence-corrected chi connectivity index (χ2v) is 4.47. The van der Waals surface area contributed by atoms with Gasteiger partial charge in [-0.25, -0.2) is 4.79 Å². The van der Waals surface area contributed by atoms with Crippen LogP contribution in [-0.2, 0) is 14.3 Å². The van der Waals surface area contributed by atoms with Crippen LogP contribution < -0.4 is 0 Å². The highest BCUT2D eigenvalue weighted by Crippen LogP contribution is 2.24. The summed E-state index contributed by atoms with van der Waals surface area (Å²) in [5, 5.41) is 0. The number of carbonyl (C=O) groups excluding carboxylic acids is 1. The van der Waals surface area contributed by atoms with Crippen molar-refractivity contribution in [3.8, 4) is 0 Å². The summed E-state index contributed by atoms with van der Waals surface area (Å²) in [6.45, 7) is 9.17. The highest BCUT2D eigenvalue weighted by Gasteiger charge is 2.19. The van der Waals surface area contributed by atoms with E-state index in [4.69, 9.17) is 9.47 Å². The Morgan fingerprint density at radius 3 is 2.32 bits per heavy atom. The Hall–Kier alpha value is -1.61. The Balaban J connectivity index is 2.67. The standard InChI is InChI=1S/C16H22O3/c1-5-14(13-10-8-7-9-11-13)18-15(6-2)19-16(17)12(3)4/h7-11,14-15H,3,5-6H2,1-2,4H3. The van der Waals surface area contributed by atoms with Crippen molar-refractivity contribution < 1.29 is 14.3 Å². The van der Waals surface area contributed by atoms with E-state index in [1.165, 1.54) is 0 Å². The highest BCUT2D eigenvalue weighted by atomic mass is 16.7. The van der Waals surface area contributed by atoms with Crippen LogP contribution in [0.25, 0.3) is 0 Å². The van der Waals surface area contributed by atoms with E-state index in [0.29, 0.717) is 12.0 Å². The molecule has 0 saturated carbocycles. The molecular weight excluding hydrogens is 240 g/mol. The zero-order valence-corrected chi connectivity index (χ0v) is 11.9. The number of hydrogen-bond donors (Lipinski definition) is 0. The predicted octanol–water partition coefficient (Wildman–Crippen LogP) is 4.01. The molecule has 0 spiro atoms. The normalized spacial score (nSPS) is 13.6. The zero-order valence-electron chi connectivity index (χ0n) is 11.9. The molecule has 1 aromatic rings. The maximum atomic E-state index is 11.5. The van der Waals surface area contributed by atoms with E-state index >= 15 is 0 Å². The molecule has 0 saturated heterocycles. The summed E-state index contributed by atoms with van der Waals surface area (Å²) >= 11 is 0. The minimum Gasteiger partial charge on any atom is -0.432 e. The monoisotopic (exact) mass is 262 g/mol. The molecule has 0 heterocycles. The van der Waals surface area contributed by atoms with Gasteiger partial charge in [0.2, 0.25) is 6.29 Å². The van der Waals surface area contributed by atoms with Gasteiger partial charge in [0, 0.05) is 12.0 Å². The number of ether oxygens (including phenoxy) is 2. The number of benzene rings is 1. The molecule has 104 valence electrons. The minimum absolute atomic E-state index is 0.0657. The Kier molecular flexibility index (Phi) is 6.30. The largest absolute Gasteiger partial charge is 0.432 e. The van der Waals surface area contributed by atoms with Gasteiger partial charge in [-0.2, -0.15) is 0 Å². The smallest absolute Gasteiger partial charge is 0.335 e. The summed E-state index contributed by atoms with van der Waals surface area (Å²) in [4.78, 5) is 11.5. The second-order valence-electron chi connectivity index (χ2n) is 4.47. The van der Waals surface area contributed by atoms with Crippen LogP contribution in [0.4, 0.5) is 0 Å². The first-order chi connectivity index (χ1) is 9.08. The van der Waals surface area contributed by atoms with Crippen molar-refractivity contribution in [3.63, 3.8) is 0 Å². The lowest BCUT2D eigenvalue weighted by atomic mass is 10.1. The molecule has 3 heteroatoms. The fraction of sp³-hybridized carbons (Fsp3) is 0.438. The predicted molar refractivity (Wildman–Crippen MR) is 75.5 cm³/mol. The first-order valence-electron chi connectivity index (χ1n) is 6.65. The summed E-state index contributed by atoms with van der Waals surface area (Å²) in [6.07, 6.45) is 0.839. The fourth-order valence-electron chi connectivity index (χ4n) is 1.69. The Morgan fingerprint density at radius 2 is 1.84 bits per heavy atom. The van der Waals surface area contributed by atoms with Gasteiger partial charge < -0.3 is 9.47 Å². The molecule has 2 atom stereocenters. The van der Waals surface area contributed by atoms with Crippen molar-refractivity contribution >= 4 is 5.97 Å². The van der Waals surface area contributed by atoms with Crippen LogP contribution in [0.1, 0.15) is 45.3 Å². The molecule has 0 aromatic heterocycles. The van der Waals surface area contributed by atoms with E-state index < -0.39 is 12.3 Å². The number of carbonyl (C=O) groups is 1. The maximum Gasteiger partial charge on any atom is 0.335 e. The van der Waals surface area contributed by atoms with Gasteiger partial charge in [0.25, 0.3) is 0 Å². The van der Waals surface area contributed by atoms with Crippen molar-refractivity contribution in [1.82, 2.24) is 0 Å². The van der Waals surface area contributed by atoms with E-state index in [-0.39, 0.29) is 6.10 Å². The quantitative estimate of drug-likeness (QED) is 0.423. The molecular formula is C16H22O3. The van der Waals surface area contributed by atoms with E-state index in [2.05, 4.69) is 6.58 Å². The van der Waals surface area contributed by atoms with Gasteiger partial charge in [-0.05, 0) is 18.9 Å². The van der Waals surface area contributed by atoms with Gasteiger partial charge in [0.15, 0.2) is 0 Å². The molecule has 2 unspecified atom stereocenters. The molecule has 0 N–H and O–H groups in total. The third-order valence-corrected chi connectivity index (χ3v) is 2.78. The molecule has 0 bridgehead atoms. The summed E-state index contributed by atoms with van der Waals surface area (Å²) in [5.74, 6) is -0.408. The van der Waals surface area contributed by atoms with Crippen molar-refractivity contribution in [2.45, 2.75) is 46.0 Å². The first kappa shape index (κ1) is 15.4. The maximum absolute atomic E-state index is 11.5. The average Bonchev–Trinajstić information content (AvgIpc) is 2.43. The molecule has 1 aromatic carbocycles. The van der Waals surface area contributed by atoms with Crippen LogP contribution in [-0.4, -0.2) is 12.3 Å². The number of esters is 1. The molecule has 0 aliphatic rings. The van der Waals surface area contributed by atoms with E-state index in [1.54, 1.807) is 6.92 Å². The van der Waals surface area contributed by atoms with E-state index in [1.807, 2.05) is 44.2 Å². The second kappa shape index (κ2) is 7.74. The summed E-state index contributed by atoms with van der Waals surface area (Å²) in [5.41, 5.74) is 1.48. The topological polar surface area (TPSA) is 35.5 Å². The van der Waals surface area contributed by atoms with Crippen LogP contribution in [0.15, 0.2) is 42.5 Å². The molecule has 0 aliphatic heterocycles. The SMILES string of the molecule is C=C(C)C(=O)OC(CC)OC(CC)c1ccccc1. The van der Waals surface area contributed by atoms with Gasteiger partial charge in [-0.15, -0.1) is 0 Å². The highest BCUT2D eigenvalue weighted by molar-refractivity contribution is 5.86. The molecule has 19 heavy (non-hydrogen) atoms. The summed E-state index contributed by atoms with van der Waals surface area (Å²) in [7, 11) is 0. The fourth-order valence-corrected chi connectivity index (χ4v) is 1.69. The molecule has 0 radical (unpaired) electrons. The van der Waals surface area contributed by atoms with Crippen LogP contribution in [0.2, 0.25) is 0 Å². The molecule has 0 fully saturated rings. The number of rotatable bonds is 7. The van der Waals surface area contributed by atoms with Gasteiger partial charge in [-0.3, -0.25) is 0 Å². The van der Waals surface area contributed by atoms with Crippen molar-refractivity contribution in [2.24, 2.45) is 0 Å². The average molecular weight is 262 g/mol. The Morgan fingerprint density at radius 1 is 1.21 bits per heavy atom. The third-order valence-electron chi connectivity index (χ3n) is 2.78. The van der Waals surface area contributed by atoms with Crippen LogP contribution in [0.5, 0.6) is 0 Å². The molecule has 0 aliphatic carbocycles. The first-order valence-corrected chi connectivity index (χ1v) is 6.65. The Labute approximate surface area is 115 Å². The van der Waals surface area contributed by atoms with Gasteiger partial charge >= 0.3 is 5.97 Å². The lowest BCUT2D eigenvalue weighted by molar-refractivity contribution is -0.187. The lowest BCUT2D eigenvalue weighted by Gasteiger charge is -2.23. The number of hydrogen-bond acceptors (Lipinski definition) is 3. The molecule has 3 nitrogen and oxygen atoms in total. The van der Waals surface area contributed by atoms with Gasteiger partial charge in [-0.1, -0.05) is 50.8 Å². The summed E-state index contributed by atoms with van der Waals surface area (Å²) in [6, 6.07) is 9.95. The van der Waals surface area contributed by atoms with Crippen LogP contribution >= 0.6 is 0 Å². The lowest BCUT2D eigenvalue weighted by Crippen LogP contribution is -2.23. The van der Waals surface area contributed by atoms with E-state index in [9.17, 15) is 4.79 Å². The van der Waals surface area contributed by atoms with E-state index in [0.717, 1.165) is 12.0 Å². The third kappa shape index (κ3) is 4.87. The van der Waals surface area contributed by atoms with Gasteiger partial charge in [0.1, 0.15) is 0 Å². The van der Waals surface area contributed by atoms with Crippen molar-refractivity contribution in [1.29, 1.82) is 0 Å². The van der Waals surface area contributed by atoms with Crippen LogP contribution in [0, 0.1) is 0 Å². The summed E-state index contributed by atoms with van der Waals surface area (Å²) < 4.78 is 11.1. The van der Waals surface area contributed by atoms with Gasteiger partial charge in [0.05, 0.1) is 6.10 Å². The minimum atomic E-state index is -0.533. The van der Waals surface area contributed by atoms with Crippen LogP contribution in [0.3, 0.4) is 0 Å².